The summed E-state index contributed by atoms with van der Waals surface area (Å²) in [6.45, 7) is 0.0422. The predicted octanol–water partition coefficient (Wildman–Crippen LogP) is 10.5. The lowest BCUT2D eigenvalue weighted by atomic mass is 9.92. The Kier molecular flexibility index (Phi) is 7.82. The molecule has 0 aliphatic heterocycles. The zero-order valence-electron chi connectivity index (χ0n) is 26.8. The van der Waals surface area contributed by atoms with Crippen LogP contribution in [0.15, 0.2) is 146 Å². The Morgan fingerprint density at radius 3 is 1.10 bits per heavy atom. The largest absolute Gasteiger partial charge is 0.488 e. The summed E-state index contributed by atoms with van der Waals surface area (Å²) in [5.41, 5.74) is 3.13. The molecule has 0 fully saturated rings. The Labute approximate surface area is 287 Å². The Hall–Kier alpha value is -6.66. The van der Waals surface area contributed by atoms with E-state index in [0.29, 0.717) is 22.6 Å². The second kappa shape index (κ2) is 12.7. The summed E-state index contributed by atoms with van der Waals surface area (Å²) in [4.78, 5) is 24.7. The summed E-state index contributed by atoms with van der Waals surface area (Å²) in [7, 11) is 0. The highest BCUT2D eigenvalue weighted by Crippen LogP contribution is 2.46. The molecule has 6 nitrogen and oxygen atoms in total. The zero-order chi connectivity index (χ0) is 34.2. The fraction of sp³-hybridized carbons (Fsp3) is 0.0455. The third-order valence-corrected chi connectivity index (χ3v) is 9.32. The number of rotatable bonds is 9. The van der Waals surface area contributed by atoms with Crippen molar-refractivity contribution >= 4 is 55.0 Å². The number of ether oxygens (including phenoxy) is 2. The van der Waals surface area contributed by atoms with Crippen molar-refractivity contribution in [2.45, 2.75) is 13.2 Å². The van der Waals surface area contributed by atoms with Gasteiger partial charge in [-0.25, -0.2) is 9.59 Å². The Balaban J connectivity index is 1.30. The molecule has 0 atom stereocenters. The molecule has 0 aliphatic rings. The molecule has 8 aromatic rings. The van der Waals surface area contributed by atoms with Crippen LogP contribution >= 0.6 is 0 Å². The lowest BCUT2D eigenvalue weighted by Crippen LogP contribution is -2.08. The minimum atomic E-state index is -1.02. The highest BCUT2D eigenvalue weighted by Gasteiger charge is 2.22. The number of hydrogen-bond acceptors (Lipinski definition) is 4. The van der Waals surface area contributed by atoms with Crippen LogP contribution in [0.3, 0.4) is 0 Å². The van der Waals surface area contributed by atoms with Crippen molar-refractivity contribution in [2.75, 3.05) is 0 Å². The highest BCUT2D eigenvalue weighted by atomic mass is 16.5. The molecule has 0 aliphatic carbocycles. The molecule has 8 aromatic carbocycles. The van der Waals surface area contributed by atoms with Gasteiger partial charge in [-0.05, 0) is 67.4 Å². The molecule has 0 saturated carbocycles. The lowest BCUT2D eigenvalue weighted by molar-refractivity contribution is 0.0683. The molecule has 0 saturated heterocycles. The summed E-state index contributed by atoms with van der Waals surface area (Å²) in [5, 5.41) is 27.6. The molecule has 0 aromatic heterocycles. The number of carboxylic acid groups (broad SMARTS) is 2. The van der Waals surface area contributed by atoms with Crippen LogP contribution in [0.5, 0.6) is 11.5 Å². The van der Waals surface area contributed by atoms with Gasteiger partial charge in [0.25, 0.3) is 0 Å². The first-order chi connectivity index (χ1) is 24.5. The van der Waals surface area contributed by atoms with Gasteiger partial charge in [-0.15, -0.1) is 0 Å². The Bertz CT molecular complexity index is 2440. The lowest BCUT2D eigenvalue weighted by Gasteiger charge is -2.21. The molecule has 0 heterocycles. The molecule has 0 unspecified atom stereocenters. The van der Waals surface area contributed by atoms with Gasteiger partial charge in [-0.1, -0.05) is 121 Å². The van der Waals surface area contributed by atoms with Crippen LogP contribution in [0.25, 0.3) is 54.2 Å². The first-order valence-electron chi connectivity index (χ1n) is 16.3. The number of carbonyl (C=O) groups is 2. The molecule has 0 amide bonds. The van der Waals surface area contributed by atoms with Gasteiger partial charge in [-0.2, -0.15) is 0 Å². The molecule has 0 radical (unpaired) electrons. The molecule has 6 heteroatoms. The van der Waals surface area contributed by atoms with Crippen LogP contribution < -0.4 is 9.47 Å². The molecule has 50 heavy (non-hydrogen) atoms. The van der Waals surface area contributed by atoms with Gasteiger partial charge in [0, 0.05) is 22.3 Å². The van der Waals surface area contributed by atoms with E-state index >= 15 is 0 Å². The van der Waals surface area contributed by atoms with Crippen LogP contribution in [0.4, 0.5) is 0 Å². The SMILES string of the molecule is O=C(O)c1ccc2ccccc2c1COc1ccc2ccccc2c1-c1c(OCc2c(C(=O)O)ccc3ccccc23)ccc2ccccc12. The summed E-state index contributed by atoms with van der Waals surface area (Å²) in [5.74, 6) is -0.921. The van der Waals surface area contributed by atoms with E-state index in [1.807, 2.05) is 133 Å². The molecular weight excluding hydrogens is 624 g/mol. The van der Waals surface area contributed by atoms with Gasteiger partial charge in [-0.3, -0.25) is 0 Å². The average Bonchev–Trinajstić information content (AvgIpc) is 3.15. The molecule has 0 bridgehead atoms. The second-order valence-electron chi connectivity index (χ2n) is 12.1. The van der Waals surface area contributed by atoms with Crippen LogP contribution in [0.2, 0.25) is 0 Å². The van der Waals surface area contributed by atoms with Crippen molar-refractivity contribution in [3.05, 3.63) is 168 Å². The standard InChI is InChI=1S/C44H30O6/c45-43(46)35-21-17-27-9-1-5-13-31(27)37(35)25-49-39-23-19-29-11-3-7-15-33(29)41(39)42-34-16-8-4-12-30(34)20-24-40(42)50-26-38-32-14-6-2-10-28(32)18-22-36(38)44(47)48/h1-24H,25-26H2,(H,45,46)(H,47,48). The Morgan fingerprint density at radius 2 is 0.720 bits per heavy atom. The summed E-state index contributed by atoms with van der Waals surface area (Å²) >= 11 is 0. The van der Waals surface area contributed by atoms with E-state index in [1.54, 1.807) is 12.1 Å². The number of carboxylic acids is 2. The van der Waals surface area contributed by atoms with Gasteiger partial charge < -0.3 is 19.7 Å². The molecule has 2 N–H and O–H groups in total. The topological polar surface area (TPSA) is 93.1 Å². The number of aromatic carboxylic acids is 2. The highest BCUT2D eigenvalue weighted by molar-refractivity contribution is 6.10. The number of benzene rings is 8. The summed E-state index contributed by atoms with van der Waals surface area (Å²) in [6.07, 6.45) is 0. The van der Waals surface area contributed by atoms with Gasteiger partial charge in [0.2, 0.25) is 0 Å². The third-order valence-electron chi connectivity index (χ3n) is 9.32. The van der Waals surface area contributed by atoms with Gasteiger partial charge >= 0.3 is 11.9 Å². The minimum Gasteiger partial charge on any atom is -0.488 e. The fourth-order valence-electron chi connectivity index (χ4n) is 6.94. The summed E-state index contributed by atoms with van der Waals surface area (Å²) in [6, 6.07) is 46.2. The first kappa shape index (κ1) is 30.7. The number of fused-ring (bicyclic) bond motifs is 4. The monoisotopic (exact) mass is 654 g/mol. The van der Waals surface area contributed by atoms with Crippen LogP contribution in [0.1, 0.15) is 31.8 Å². The maximum absolute atomic E-state index is 12.4. The van der Waals surface area contributed by atoms with E-state index in [0.717, 1.165) is 54.2 Å². The number of hydrogen-bond donors (Lipinski definition) is 2. The van der Waals surface area contributed by atoms with E-state index in [4.69, 9.17) is 9.47 Å². The van der Waals surface area contributed by atoms with E-state index in [9.17, 15) is 19.8 Å². The molecule has 0 spiro atoms. The first-order valence-corrected chi connectivity index (χ1v) is 16.3. The van der Waals surface area contributed by atoms with Crippen LogP contribution in [-0.4, -0.2) is 22.2 Å². The third kappa shape index (κ3) is 5.43. The molecular formula is C44H30O6. The van der Waals surface area contributed by atoms with Gasteiger partial charge in [0.15, 0.2) is 0 Å². The van der Waals surface area contributed by atoms with E-state index in [2.05, 4.69) is 0 Å². The fourth-order valence-corrected chi connectivity index (χ4v) is 6.94. The van der Waals surface area contributed by atoms with Crippen molar-refractivity contribution in [2.24, 2.45) is 0 Å². The van der Waals surface area contributed by atoms with E-state index in [-0.39, 0.29) is 24.3 Å². The van der Waals surface area contributed by atoms with E-state index < -0.39 is 11.9 Å². The predicted molar refractivity (Wildman–Crippen MR) is 197 cm³/mol. The van der Waals surface area contributed by atoms with Crippen molar-refractivity contribution < 1.29 is 29.3 Å². The van der Waals surface area contributed by atoms with Crippen LogP contribution in [-0.2, 0) is 13.2 Å². The smallest absolute Gasteiger partial charge is 0.336 e. The van der Waals surface area contributed by atoms with Crippen molar-refractivity contribution in [3.8, 4) is 22.6 Å². The van der Waals surface area contributed by atoms with E-state index in [1.165, 1.54) is 0 Å². The molecule has 242 valence electrons. The maximum Gasteiger partial charge on any atom is 0.336 e. The summed E-state index contributed by atoms with van der Waals surface area (Å²) < 4.78 is 13.3. The van der Waals surface area contributed by atoms with Gasteiger partial charge in [0.05, 0.1) is 11.1 Å². The van der Waals surface area contributed by atoms with Crippen molar-refractivity contribution in [1.29, 1.82) is 0 Å². The quantitative estimate of drug-likeness (QED) is 0.161. The second-order valence-corrected chi connectivity index (χ2v) is 12.1. The maximum atomic E-state index is 12.4. The Morgan fingerprint density at radius 1 is 0.400 bits per heavy atom. The minimum absolute atomic E-state index is 0.0211. The zero-order valence-corrected chi connectivity index (χ0v) is 26.8. The molecule has 8 rings (SSSR count). The van der Waals surface area contributed by atoms with Crippen molar-refractivity contribution in [3.63, 3.8) is 0 Å². The van der Waals surface area contributed by atoms with Gasteiger partial charge in [0.1, 0.15) is 24.7 Å². The average molecular weight is 655 g/mol. The van der Waals surface area contributed by atoms with Crippen LogP contribution in [0, 0.1) is 0 Å². The van der Waals surface area contributed by atoms with Crippen molar-refractivity contribution in [1.82, 2.24) is 0 Å². The normalized spacial score (nSPS) is 11.3.